The van der Waals surface area contributed by atoms with E-state index in [1.807, 2.05) is 6.92 Å². The van der Waals surface area contributed by atoms with Crippen LogP contribution in [0.4, 0.5) is 0 Å². The molecule has 0 bridgehead atoms. The highest BCUT2D eigenvalue weighted by Gasteiger charge is 2.23. The number of carbonyl (C=O) groups is 1. The van der Waals surface area contributed by atoms with E-state index in [0.717, 1.165) is 0 Å². The van der Waals surface area contributed by atoms with Gasteiger partial charge in [-0.25, -0.2) is 9.89 Å². The smallest absolute Gasteiger partial charge is 0.343 e. The Morgan fingerprint density at radius 3 is 2.62 bits per heavy atom. The summed E-state index contributed by atoms with van der Waals surface area (Å²) in [6, 6.07) is 0. The quantitative estimate of drug-likeness (QED) is 0.613. The van der Waals surface area contributed by atoms with Gasteiger partial charge in [0.1, 0.15) is 0 Å². The van der Waals surface area contributed by atoms with Crippen molar-refractivity contribution in [1.82, 2.24) is 14.8 Å². The number of hydrogen-bond acceptors (Lipinski definition) is 5. The summed E-state index contributed by atoms with van der Waals surface area (Å²) in [6.45, 7) is 3.68. The number of H-pyrrole nitrogens is 1. The van der Waals surface area contributed by atoms with Crippen LogP contribution in [0, 0.1) is 5.92 Å². The van der Waals surface area contributed by atoms with Crippen LogP contribution in [0.2, 0.25) is 0 Å². The number of aromatic nitrogens is 3. The van der Waals surface area contributed by atoms with Crippen molar-refractivity contribution in [2.75, 3.05) is 7.11 Å². The SMILES string of the molecule is COC(=O)C(C)C(C)Sc1n[nH]c(=O)n1C. The minimum Gasteiger partial charge on any atom is -0.469 e. The predicted octanol–water partition coefficient (Wildman–Crippen LogP) is 0.398. The summed E-state index contributed by atoms with van der Waals surface area (Å²) in [5.41, 5.74) is -0.263. The maximum Gasteiger partial charge on any atom is 0.343 e. The third-order valence-electron chi connectivity index (χ3n) is 2.41. The summed E-state index contributed by atoms with van der Waals surface area (Å²) >= 11 is 1.36. The number of esters is 1. The first kappa shape index (κ1) is 12.8. The molecule has 0 aliphatic heterocycles. The molecule has 1 heterocycles. The van der Waals surface area contributed by atoms with Crippen LogP contribution in [0.3, 0.4) is 0 Å². The molecule has 90 valence electrons. The monoisotopic (exact) mass is 245 g/mol. The fourth-order valence-electron chi connectivity index (χ4n) is 1.08. The molecule has 0 aliphatic carbocycles. The summed E-state index contributed by atoms with van der Waals surface area (Å²) < 4.78 is 6.07. The predicted molar refractivity (Wildman–Crippen MR) is 60.3 cm³/mol. The lowest BCUT2D eigenvalue weighted by molar-refractivity contribution is -0.144. The van der Waals surface area contributed by atoms with Gasteiger partial charge in [0.05, 0.1) is 13.0 Å². The number of thioether (sulfide) groups is 1. The number of aromatic amines is 1. The van der Waals surface area contributed by atoms with E-state index in [2.05, 4.69) is 14.9 Å². The summed E-state index contributed by atoms with van der Waals surface area (Å²) in [7, 11) is 2.99. The molecule has 16 heavy (non-hydrogen) atoms. The first-order chi connectivity index (χ1) is 7.47. The molecule has 0 spiro atoms. The lowest BCUT2D eigenvalue weighted by Gasteiger charge is -2.15. The summed E-state index contributed by atoms with van der Waals surface area (Å²) in [4.78, 5) is 22.4. The Bertz CT molecular complexity index is 426. The third-order valence-corrected chi connectivity index (χ3v) is 3.76. The molecule has 1 rings (SSSR count). The van der Waals surface area contributed by atoms with Gasteiger partial charge in [-0.3, -0.25) is 9.36 Å². The molecule has 1 aromatic rings. The molecule has 0 amide bonds. The largest absolute Gasteiger partial charge is 0.469 e. The first-order valence-electron chi connectivity index (χ1n) is 4.83. The van der Waals surface area contributed by atoms with E-state index in [-0.39, 0.29) is 22.8 Å². The van der Waals surface area contributed by atoms with Gasteiger partial charge in [-0.2, -0.15) is 0 Å². The Morgan fingerprint density at radius 2 is 2.19 bits per heavy atom. The zero-order valence-corrected chi connectivity index (χ0v) is 10.5. The van der Waals surface area contributed by atoms with Crippen LogP contribution in [0.5, 0.6) is 0 Å². The fraction of sp³-hybridized carbons (Fsp3) is 0.667. The van der Waals surface area contributed by atoms with E-state index in [0.29, 0.717) is 5.16 Å². The second-order valence-corrected chi connectivity index (χ2v) is 4.85. The Morgan fingerprint density at radius 1 is 1.56 bits per heavy atom. The van der Waals surface area contributed by atoms with Crippen molar-refractivity contribution in [3.05, 3.63) is 10.5 Å². The van der Waals surface area contributed by atoms with Gasteiger partial charge in [-0.1, -0.05) is 25.6 Å². The van der Waals surface area contributed by atoms with Crippen molar-refractivity contribution in [3.8, 4) is 0 Å². The number of rotatable bonds is 4. The van der Waals surface area contributed by atoms with Gasteiger partial charge in [0.2, 0.25) is 0 Å². The van der Waals surface area contributed by atoms with Crippen molar-refractivity contribution in [2.24, 2.45) is 13.0 Å². The van der Waals surface area contributed by atoms with Crippen molar-refractivity contribution in [1.29, 1.82) is 0 Å². The van der Waals surface area contributed by atoms with Crippen molar-refractivity contribution >= 4 is 17.7 Å². The van der Waals surface area contributed by atoms with Gasteiger partial charge in [0.25, 0.3) is 0 Å². The van der Waals surface area contributed by atoms with Gasteiger partial charge >= 0.3 is 11.7 Å². The summed E-state index contributed by atoms with van der Waals surface area (Å²) in [6.07, 6.45) is 0. The minimum atomic E-state index is -0.263. The van der Waals surface area contributed by atoms with E-state index in [1.54, 1.807) is 14.0 Å². The van der Waals surface area contributed by atoms with E-state index >= 15 is 0 Å². The lowest BCUT2D eigenvalue weighted by atomic mass is 10.1. The topological polar surface area (TPSA) is 77.0 Å². The van der Waals surface area contributed by atoms with Gasteiger partial charge in [-0.15, -0.1) is 5.10 Å². The van der Waals surface area contributed by atoms with Crippen LogP contribution < -0.4 is 5.69 Å². The average molecular weight is 245 g/mol. The molecule has 0 fully saturated rings. The second kappa shape index (κ2) is 5.20. The molecule has 1 N–H and O–H groups in total. The number of ether oxygens (including phenoxy) is 1. The normalized spacial score (nSPS) is 14.5. The zero-order chi connectivity index (χ0) is 12.3. The average Bonchev–Trinajstić information content (AvgIpc) is 2.58. The molecular weight excluding hydrogens is 230 g/mol. The molecule has 0 aliphatic rings. The molecule has 1 aromatic heterocycles. The maximum absolute atomic E-state index is 11.3. The van der Waals surface area contributed by atoms with Crippen LogP contribution in [-0.2, 0) is 16.6 Å². The maximum atomic E-state index is 11.3. The van der Waals surface area contributed by atoms with Crippen LogP contribution >= 0.6 is 11.8 Å². The highest BCUT2D eigenvalue weighted by molar-refractivity contribution is 7.99. The van der Waals surface area contributed by atoms with E-state index in [9.17, 15) is 9.59 Å². The molecule has 6 nitrogen and oxygen atoms in total. The third kappa shape index (κ3) is 2.66. The van der Waals surface area contributed by atoms with Crippen LogP contribution in [0.25, 0.3) is 0 Å². The molecule has 2 atom stereocenters. The Kier molecular flexibility index (Phi) is 4.17. The Balaban J connectivity index is 2.71. The fourth-order valence-corrected chi connectivity index (χ4v) is 2.07. The lowest BCUT2D eigenvalue weighted by Crippen LogP contribution is -2.22. The molecule has 0 aromatic carbocycles. The molecule has 0 radical (unpaired) electrons. The van der Waals surface area contributed by atoms with Crippen molar-refractivity contribution in [3.63, 3.8) is 0 Å². The molecular formula is C9H15N3O3S. The molecule has 0 saturated heterocycles. The van der Waals surface area contributed by atoms with Gasteiger partial charge in [-0.05, 0) is 0 Å². The highest BCUT2D eigenvalue weighted by atomic mass is 32.2. The van der Waals surface area contributed by atoms with Crippen molar-refractivity contribution in [2.45, 2.75) is 24.3 Å². The molecule has 2 unspecified atom stereocenters. The van der Waals surface area contributed by atoms with Gasteiger partial charge in [0.15, 0.2) is 5.16 Å². The first-order valence-corrected chi connectivity index (χ1v) is 5.71. The van der Waals surface area contributed by atoms with Crippen molar-refractivity contribution < 1.29 is 9.53 Å². The standard InChI is InChI=1S/C9H15N3O3S/c1-5(7(13)15-4)6(2)16-9-11-10-8(14)12(9)3/h5-6H,1-4H3,(H,10,14). The number of nitrogens with zero attached hydrogens (tertiary/aromatic N) is 2. The number of hydrogen-bond donors (Lipinski definition) is 1. The van der Waals surface area contributed by atoms with Gasteiger partial charge in [0, 0.05) is 12.3 Å². The number of methoxy groups -OCH3 is 1. The van der Waals surface area contributed by atoms with Crippen LogP contribution in [0.1, 0.15) is 13.8 Å². The zero-order valence-electron chi connectivity index (χ0n) is 9.68. The summed E-state index contributed by atoms with van der Waals surface area (Å²) in [5.74, 6) is -0.512. The second-order valence-electron chi connectivity index (χ2n) is 3.51. The van der Waals surface area contributed by atoms with Crippen LogP contribution in [-0.4, -0.2) is 33.1 Å². The van der Waals surface area contributed by atoms with E-state index < -0.39 is 0 Å². The van der Waals surface area contributed by atoms with Crippen LogP contribution in [0.15, 0.2) is 9.95 Å². The number of nitrogens with one attached hydrogen (secondary N) is 1. The minimum absolute atomic E-state index is 0.0126. The van der Waals surface area contributed by atoms with Gasteiger partial charge < -0.3 is 4.74 Å². The Labute approximate surface area is 97.4 Å². The Hall–Kier alpha value is -1.24. The van der Waals surface area contributed by atoms with E-state index in [4.69, 9.17) is 0 Å². The number of carbonyl (C=O) groups excluding carboxylic acids is 1. The molecule has 7 heteroatoms. The summed E-state index contributed by atoms with van der Waals surface area (Å²) in [5, 5.41) is 6.75. The van der Waals surface area contributed by atoms with E-state index in [1.165, 1.54) is 23.4 Å². The molecule has 0 saturated carbocycles. The highest BCUT2D eigenvalue weighted by Crippen LogP contribution is 2.25.